The summed E-state index contributed by atoms with van der Waals surface area (Å²) in [5.74, 6) is 0.768. The third-order valence-electron chi connectivity index (χ3n) is 3.80. The summed E-state index contributed by atoms with van der Waals surface area (Å²) >= 11 is 0. The Morgan fingerprint density at radius 2 is 2.15 bits per heavy atom. The molecule has 0 unspecified atom stereocenters. The van der Waals surface area contributed by atoms with Gasteiger partial charge in [0, 0.05) is 17.7 Å². The molecule has 108 valence electrons. The van der Waals surface area contributed by atoms with Crippen LogP contribution in [0.4, 0.5) is 5.69 Å². The summed E-state index contributed by atoms with van der Waals surface area (Å²) in [5.41, 5.74) is 6.78. The van der Waals surface area contributed by atoms with Crippen LogP contribution >= 0.6 is 0 Å². The summed E-state index contributed by atoms with van der Waals surface area (Å²) in [6.07, 6.45) is 6.63. The number of carbonyl (C=O) groups is 1. The Labute approximate surface area is 118 Å². The summed E-state index contributed by atoms with van der Waals surface area (Å²) in [4.78, 5) is 11.9. The number of hydrogen-bond acceptors (Lipinski definition) is 3. The lowest BCUT2D eigenvalue weighted by atomic mass is 10.0. The molecule has 1 aliphatic rings. The van der Waals surface area contributed by atoms with Crippen molar-refractivity contribution < 1.29 is 10.0 Å². The van der Waals surface area contributed by atoms with Gasteiger partial charge < -0.3 is 16.3 Å². The first kappa shape index (κ1) is 14.4. The molecule has 1 fully saturated rings. The molecule has 0 atom stereocenters. The molecule has 0 heterocycles. The summed E-state index contributed by atoms with van der Waals surface area (Å²) in [6.45, 7) is 0. The Balaban J connectivity index is 1.87. The van der Waals surface area contributed by atoms with Crippen LogP contribution in [0.15, 0.2) is 29.4 Å². The molecule has 1 amide bonds. The van der Waals surface area contributed by atoms with Crippen LogP contribution in [0.3, 0.4) is 0 Å². The largest absolute Gasteiger partial charge is 0.409 e. The van der Waals surface area contributed by atoms with Crippen LogP contribution < -0.4 is 11.1 Å². The number of nitrogens with two attached hydrogens (primary N) is 1. The number of carbonyl (C=O) groups excluding carboxylic acids is 1. The fourth-order valence-corrected chi connectivity index (χ4v) is 2.67. The maximum absolute atomic E-state index is 11.9. The Bertz CT molecular complexity index is 494. The van der Waals surface area contributed by atoms with E-state index in [1.165, 1.54) is 25.7 Å². The maximum atomic E-state index is 11.9. The highest BCUT2D eigenvalue weighted by Crippen LogP contribution is 2.28. The van der Waals surface area contributed by atoms with Crippen molar-refractivity contribution in [3.63, 3.8) is 0 Å². The van der Waals surface area contributed by atoms with Gasteiger partial charge in [0.1, 0.15) is 0 Å². The van der Waals surface area contributed by atoms with Gasteiger partial charge in [0.25, 0.3) is 0 Å². The second kappa shape index (κ2) is 6.93. The van der Waals surface area contributed by atoms with Gasteiger partial charge in [-0.25, -0.2) is 0 Å². The van der Waals surface area contributed by atoms with E-state index in [1.54, 1.807) is 24.3 Å². The van der Waals surface area contributed by atoms with Gasteiger partial charge in [0.2, 0.25) is 5.91 Å². The smallest absolute Gasteiger partial charge is 0.224 e. The van der Waals surface area contributed by atoms with Crippen molar-refractivity contribution in [2.75, 3.05) is 5.32 Å². The molecule has 20 heavy (non-hydrogen) atoms. The minimum Gasteiger partial charge on any atom is -0.409 e. The van der Waals surface area contributed by atoms with Crippen molar-refractivity contribution in [1.29, 1.82) is 0 Å². The first-order valence-corrected chi connectivity index (χ1v) is 7.07. The van der Waals surface area contributed by atoms with Gasteiger partial charge in [-0.2, -0.15) is 0 Å². The highest BCUT2D eigenvalue weighted by atomic mass is 16.4. The predicted molar refractivity (Wildman–Crippen MR) is 78.8 cm³/mol. The monoisotopic (exact) mass is 275 g/mol. The number of benzene rings is 1. The fraction of sp³-hybridized carbons (Fsp3) is 0.467. The van der Waals surface area contributed by atoms with Crippen molar-refractivity contribution in [2.24, 2.45) is 16.8 Å². The molecule has 0 aliphatic heterocycles. The van der Waals surface area contributed by atoms with Crippen molar-refractivity contribution in [3.8, 4) is 0 Å². The summed E-state index contributed by atoms with van der Waals surface area (Å²) in [7, 11) is 0. The molecule has 0 radical (unpaired) electrons. The average Bonchev–Trinajstić information content (AvgIpc) is 2.98. The van der Waals surface area contributed by atoms with Gasteiger partial charge in [-0.15, -0.1) is 0 Å². The number of nitrogens with zero attached hydrogens (tertiary/aromatic N) is 1. The number of oxime groups is 1. The van der Waals surface area contributed by atoms with Crippen molar-refractivity contribution >= 4 is 17.4 Å². The van der Waals surface area contributed by atoms with E-state index in [9.17, 15) is 4.79 Å². The van der Waals surface area contributed by atoms with E-state index < -0.39 is 0 Å². The average molecular weight is 275 g/mol. The Kier molecular flexibility index (Phi) is 4.98. The van der Waals surface area contributed by atoms with Crippen molar-refractivity contribution in [2.45, 2.75) is 38.5 Å². The van der Waals surface area contributed by atoms with Crippen LogP contribution in [-0.2, 0) is 4.79 Å². The number of hydrogen-bond donors (Lipinski definition) is 3. The van der Waals surface area contributed by atoms with Gasteiger partial charge in [-0.3, -0.25) is 4.79 Å². The Morgan fingerprint density at radius 1 is 1.40 bits per heavy atom. The van der Waals surface area contributed by atoms with E-state index in [4.69, 9.17) is 10.9 Å². The number of nitrogens with one attached hydrogen (secondary N) is 1. The van der Waals surface area contributed by atoms with E-state index >= 15 is 0 Å². The van der Waals surface area contributed by atoms with Crippen LogP contribution in [0, 0.1) is 5.92 Å². The van der Waals surface area contributed by atoms with Crippen LogP contribution in [0.2, 0.25) is 0 Å². The summed E-state index contributed by atoms with van der Waals surface area (Å²) in [6, 6.07) is 6.98. The molecule has 0 saturated heterocycles. The zero-order valence-electron chi connectivity index (χ0n) is 11.5. The van der Waals surface area contributed by atoms with Gasteiger partial charge in [-0.1, -0.05) is 43.0 Å². The second-order valence-corrected chi connectivity index (χ2v) is 5.30. The summed E-state index contributed by atoms with van der Waals surface area (Å²) in [5, 5.41) is 14.4. The van der Waals surface area contributed by atoms with Crippen LogP contribution in [0.1, 0.15) is 44.1 Å². The number of amidine groups is 1. The SMILES string of the molecule is N/C(=N/O)c1cccc(NC(=O)CCC2CCCC2)c1. The van der Waals surface area contributed by atoms with Crippen molar-refractivity contribution in [1.82, 2.24) is 0 Å². The molecule has 0 aromatic heterocycles. The fourth-order valence-electron chi connectivity index (χ4n) is 2.67. The normalized spacial score (nSPS) is 16.3. The van der Waals surface area contributed by atoms with E-state index in [0.29, 0.717) is 23.6 Å². The highest BCUT2D eigenvalue weighted by Gasteiger charge is 2.16. The third-order valence-corrected chi connectivity index (χ3v) is 3.80. The molecule has 1 aliphatic carbocycles. The molecule has 1 saturated carbocycles. The molecule has 2 rings (SSSR count). The molecule has 0 bridgehead atoms. The third kappa shape index (κ3) is 3.98. The lowest BCUT2D eigenvalue weighted by Gasteiger charge is -2.10. The lowest BCUT2D eigenvalue weighted by molar-refractivity contribution is -0.116. The van der Waals surface area contributed by atoms with Crippen LogP contribution in [-0.4, -0.2) is 17.0 Å². The Hall–Kier alpha value is -2.04. The lowest BCUT2D eigenvalue weighted by Crippen LogP contribution is -2.15. The maximum Gasteiger partial charge on any atom is 0.224 e. The Morgan fingerprint density at radius 3 is 2.85 bits per heavy atom. The van der Waals surface area contributed by atoms with Gasteiger partial charge in [0.15, 0.2) is 5.84 Å². The number of rotatable bonds is 5. The zero-order chi connectivity index (χ0) is 14.4. The molecular formula is C15H21N3O2. The van der Waals surface area contributed by atoms with E-state index in [2.05, 4.69) is 10.5 Å². The van der Waals surface area contributed by atoms with E-state index in [-0.39, 0.29) is 11.7 Å². The van der Waals surface area contributed by atoms with Crippen LogP contribution in [0.25, 0.3) is 0 Å². The molecule has 1 aromatic carbocycles. The standard InChI is InChI=1S/C15H21N3O2/c16-15(18-20)12-6-3-7-13(10-12)17-14(19)9-8-11-4-1-2-5-11/h3,6-7,10-11,20H,1-2,4-5,8-9H2,(H2,16,18)(H,17,19). The molecule has 5 heteroatoms. The van der Waals surface area contributed by atoms with Gasteiger partial charge >= 0.3 is 0 Å². The molecule has 5 nitrogen and oxygen atoms in total. The van der Waals surface area contributed by atoms with E-state index in [1.807, 2.05) is 0 Å². The predicted octanol–water partition coefficient (Wildman–Crippen LogP) is 2.69. The first-order chi connectivity index (χ1) is 9.69. The molecule has 0 spiro atoms. The molecule has 4 N–H and O–H groups in total. The topological polar surface area (TPSA) is 87.7 Å². The summed E-state index contributed by atoms with van der Waals surface area (Å²) < 4.78 is 0. The van der Waals surface area contributed by atoms with Crippen molar-refractivity contribution in [3.05, 3.63) is 29.8 Å². The second-order valence-electron chi connectivity index (χ2n) is 5.30. The number of anilines is 1. The van der Waals surface area contributed by atoms with Gasteiger partial charge in [0.05, 0.1) is 0 Å². The zero-order valence-corrected chi connectivity index (χ0v) is 11.5. The minimum absolute atomic E-state index is 0.0218. The highest BCUT2D eigenvalue weighted by molar-refractivity contribution is 5.99. The minimum atomic E-state index is 0.0218. The number of amides is 1. The molecule has 1 aromatic rings. The van der Waals surface area contributed by atoms with E-state index in [0.717, 1.165) is 6.42 Å². The first-order valence-electron chi connectivity index (χ1n) is 7.07. The quantitative estimate of drug-likeness (QED) is 0.334. The van der Waals surface area contributed by atoms with Crippen LogP contribution in [0.5, 0.6) is 0 Å². The molecular weight excluding hydrogens is 254 g/mol. The van der Waals surface area contributed by atoms with Gasteiger partial charge in [-0.05, 0) is 24.5 Å².